The second-order valence-corrected chi connectivity index (χ2v) is 6.06. The fraction of sp³-hybridized carbons (Fsp3) is 0.444. The van der Waals surface area contributed by atoms with Gasteiger partial charge in [-0.3, -0.25) is 0 Å². The molecule has 2 rings (SSSR count). The summed E-state index contributed by atoms with van der Waals surface area (Å²) in [5.74, 6) is 1.26. The van der Waals surface area contributed by atoms with Crippen LogP contribution in [0.5, 0.6) is 0 Å². The van der Waals surface area contributed by atoms with E-state index in [0.717, 1.165) is 17.9 Å². The average Bonchev–Trinajstić information content (AvgIpc) is 2.98. The Kier molecular flexibility index (Phi) is 6.81. The SMILES string of the molecule is Cc1nccn1CC(C)CNC(=O)N[C@H](CCO)c1ccccc1. The molecule has 0 aliphatic heterocycles. The summed E-state index contributed by atoms with van der Waals surface area (Å²) in [5.41, 5.74) is 0.990. The van der Waals surface area contributed by atoms with Crippen molar-refractivity contribution in [3.8, 4) is 0 Å². The molecule has 0 aliphatic carbocycles. The minimum absolute atomic E-state index is 0.0240. The quantitative estimate of drug-likeness (QED) is 0.694. The number of nitrogens with zero attached hydrogens (tertiary/aromatic N) is 2. The molecule has 24 heavy (non-hydrogen) atoms. The molecule has 1 aromatic carbocycles. The van der Waals surface area contributed by atoms with Gasteiger partial charge in [-0.1, -0.05) is 37.3 Å². The summed E-state index contributed by atoms with van der Waals surface area (Å²) in [7, 11) is 0. The number of amides is 2. The number of aliphatic hydroxyl groups excluding tert-OH is 1. The smallest absolute Gasteiger partial charge is 0.315 e. The van der Waals surface area contributed by atoms with Gasteiger partial charge in [0.2, 0.25) is 0 Å². The molecule has 1 aromatic heterocycles. The van der Waals surface area contributed by atoms with E-state index in [4.69, 9.17) is 0 Å². The number of carbonyl (C=O) groups excluding carboxylic acids is 1. The number of hydrogen-bond acceptors (Lipinski definition) is 3. The van der Waals surface area contributed by atoms with Crippen molar-refractivity contribution in [1.82, 2.24) is 20.2 Å². The fourth-order valence-corrected chi connectivity index (χ4v) is 2.61. The number of rotatable bonds is 8. The Balaban J connectivity index is 1.81. The number of nitrogens with one attached hydrogen (secondary N) is 2. The van der Waals surface area contributed by atoms with E-state index >= 15 is 0 Å². The topological polar surface area (TPSA) is 79.2 Å². The highest BCUT2D eigenvalue weighted by molar-refractivity contribution is 5.74. The predicted molar refractivity (Wildman–Crippen MR) is 93.5 cm³/mol. The lowest BCUT2D eigenvalue weighted by Crippen LogP contribution is -2.40. The van der Waals surface area contributed by atoms with Crippen LogP contribution in [0.2, 0.25) is 0 Å². The molecule has 3 N–H and O–H groups in total. The van der Waals surface area contributed by atoms with Gasteiger partial charge in [0.1, 0.15) is 5.82 Å². The molecule has 0 radical (unpaired) electrons. The molecule has 0 bridgehead atoms. The predicted octanol–water partition coefficient (Wildman–Crippen LogP) is 2.25. The summed E-state index contributed by atoms with van der Waals surface area (Å²) >= 11 is 0. The Bertz CT molecular complexity index is 627. The molecular formula is C18H26N4O2. The third-order valence-corrected chi connectivity index (χ3v) is 3.97. The maximum absolute atomic E-state index is 12.2. The first-order valence-corrected chi connectivity index (χ1v) is 8.28. The van der Waals surface area contributed by atoms with Gasteiger partial charge in [-0.15, -0.1) is 0 Å². The van der Waals surface area contributed by atoms with Crippen LogP contribution in [0.4, 0.5) is 4.79 Å². The van der Waals surface area contributed by atoms with Crippen LogP contribution in [0.25, 0.3) is 0 Å². The van der Waals surface area contributed by atoms with E-state index in [-0.39, 0.29) is 24.6 Å². The van der Waals surface area contributed by atoms with E-state index in [2.05, 4.69) is 27.1 Å². The minimum atomic E-state index is -0.216. The molecule has 0 spiro atoms. The monoisotopic (exact) mass is 330 g/mol. The average molecular weight is 330 g/mol. The Morgan fingerprint density at radius 2 is 2.08 bits per heavy atom. The van der Waals surface area contributed by atoms with Crippen LogP contribution >= 0.6 is 0 Å². The minimum Gasteiger partial charge on any atom is -0.396 e. The highest BCUT2D eigenvalue weighted by Crippen LogP contribution is 2.15. The summed E-state index contributed by atoms with van der Waals surface area (Å²) in [6.07, 6.45) is 4.21. The number of aryl methyl sites for hydroxylation is 1. The third kappa shape index (κ3) is 5.38. The van der Waals surface area contributed by atoms with Gasteiger partial charge in [0.05, 0.1) is 6.04 Å². The number of urea groups is 1. The van der Waals surface area contributed by atoms with E-state index in [0.29, 0.717) is 13.0 Å². The number of imidazole rings is 1. The van der Waals surface area contributed by atoms with Crippen molar-refractivity contribution in [2.45, 2.75) is 32.9 Å². The Labute approximate surface area is 142 Å². The first kappa shape index (κ1) is 18.0. The normalized spacial score (nSPS) is 13.3. The zero-order valence-electron chi connectivity index (χ0n) is 14.3. The second kappa shape index (κ2) is 9.08. The van der Waals surface area contributed by atoms with Crippen molar-refractivity contribution >= 4 is 6.03 Å². The highest BCUT2D eigenvalue weighted by atomic mass is 16.3. The van der Waals surface area contributed by atoms with Gasteiger partial charge in [0, 0.05) is 32.1 Å². The lowest BCUT2D eigenvalue weighted by Gasteiger charge is -2.20. The number of aliphatic hydroxyl groups is 1. The Hall–Kier alpha value is -2.34. The number of carbonyl (C=O) groups is 1. The molecule has 6 heteroatoms. The molecule has 0 saturated carbocycles. The maximum atomic E-state index is 12.2. The van der Waals surface area contributed by atoms with Gasteiger partial charge in [-0.05, 0) is 24.8 Å². The lowest BCUT2D eigenvalue weighted by molar-refractivity contribution is 0.227. The summed E-state index contributed by atoms with van der Waals surface area (Å²) in [6, 6.07) is 9.27. The standard InChI is InChI=1S/C18H26N4O2/c1-14(13-22-10-9-19-15(22)2)12-20-18(24)21-17(8-11-23)16-6-4-3-5-7-16/h3-7,9-10,14,17,23H,8,11-13H2,1-2H3,(H2,20,21,24)/t14?,17-/m1/s1. The zero-order valence-corrected chi connectivity index (χ0v) is 14.3. The van der Waals surface area contributed by atoms with Crippen molar-refractivity contribution in [1.29, 1.82) is 0 Å². The maximum Gasteiger partial charge on any atom is 0.315 e. The first-order chi connectivity index (χ1) is 11.6. The Morgan fingerprint density at radius 3 is 2.71 bits per heavy atom. The van der Waals surface area contributed by atoms with E-state index in [1.807, 2.05) is 43.5 Å². The lowest BCUT2D eigenvalue weighted by atomic mass is 10.0. The van der Waals surface area contributed by atoms with E-state index in [1.165, 1.54) is 0 Å². The molecule has 130 valence electrons. The second-order valence-electron chi connectivity index (χ2n) is 6.06. The van der Waals surface area contributed by atoms with E-state index in [1.54, 1.807) is 6.20 Å². The molecule has 1 unspecified atom stereocenters. The first-order valence-electron chi connectivity index (χ1n) is 8.28. The van der Waals surface area contributed by atoms with Gasteiger partial charge in [0.15, 0.2) is 0 Å². The van der Waals surface area contributed by atoms with Crippen LogP contribution in [-0.4, -0.2) is 33.8 Å². The van der Waals surface area contributed by atoms with Gasteiger partial charge in [-0.2, -0.15) is 0 Å². The molecule has 0 aliphatic rings. The summed E-state index contributed by atoms with van der Waals surface area (Å²) in [4.78, 5) is 16.4. The number of aromatic nitrogens is 2. The van der Waals surface area contributed by atoms with Gasteiger partial charge in [0.25, 0.3) is 0 Å². The summed E-state index contributed by atoms with van der Waals surface area (Å²) < 4.78 is 2.07. The van der Waals surface area contributed by atoms with Crippen molar-refractivity contribution in [3.05, 3.63) is 54.1 Å². The molecule has 6 nitrogen and oxygen atoms in total. The van der Waals surface area contributed by atoms with Crippen molar-refractivity contribution < 1.29 is 9.90 Å². The molecular weight excluding hydrogens is 304 g/mol. The third-order valence-electron chi connectivity index (χ3n) is 3.97. The van der Waals surface area contributed by atoms with Gasteiger partial charge in [-0.25, -0.2) is 9.78 Å². The van der Waals surface area contributed by atoms with Crippen molar-refractivity contribution in [2.75, 3.05) is 13.2 Å². The van der Waals surface area contributed by atoms with Crippen LogP contribution in [-0.2, 0) is 6.54 Å². The largest absolute Gasteiger partial charge is 0.396 e. The zero-order chi connectivity index (χ0) is 17.4. The van der Waals surface area contributed by atoms with Crippen LogP contribution in [0.1, 0.15) is 30.8 Å². The highest BCUT2D eigenvalue weighted by Gasteiger charge is 2.14. The number of hydrogen-bond donors (Lipinski definition) is 3. The van der Waals surface area contributed by atoms with E-state index in [9.17, 15) is 9.90 Å². The fourth-order valence-electron chi connectivity index (χ4n) is 2.61. The number of benzene rings is 1. The molecule has 1 heterocycles. The summed E-state index contributed by atoms with van der Waals surface area (Å²) in [6.45, 7) is 5.46. The molecule has 0 fully saturated rings. The molecule has 0 saturated heterocycles. The Morgan fingerprint density at radius 1 is 1.33 bits per heavy atom. The summed E-state index contributed by atoms with van der Waals surface area (Å²) in [5, 5.41) is 15.1. The molecule has 2 atom stereocenters. The van der Waals surface area contributed by atoms with Crippen LogP contribution < -0.4 is 10.6 Å². The van der Waals surface area contributed by atoms with Gasteiger partial charge >= 0.3 is 6.03 Å². The molecule has 2 aromatic rings. The van der Waals surface area contributed by atoms with Crippen LogP contribution in [0.3, 0.4) is 0 Å². The van der Waals surface area contributed by atoms with E-state index < -0.39 is 0 Å². The van der Waals surface area contributed by atoms with Crippen molar-refractivity contribution in [2.24, 2.45) is 5.92 Å². The molecule has 2 amide bonds. The van der Waals surface area contributed by atoms with Crippen LogP contribution in [0, 0.1) is 12.8 Å². The van der Waals surface area contributed by atoms with Gasteiger partial charge < -0.3 is 20.3 Å². The van der Waals surface area contributed by atoms with Crippen LogP contribution in [0.15, 0.2) is 42.7 Å². The van der Waals surface area contributed by atoms with Crippen molar-refractivity contribution in [3.63, 3.8) is 0 Å².